The molecule has 0 amide bonds. The molecule has 0 spiro atoms. The van der Waals surface area contributed by atoms with Gasteiger partial charge in [0, 0.05) is 0 Å². The molecular formula is C6H14N3O3S+. The van der Waals surface area contributed by atoms with Crippen molar-refractivity contribution < 1.29 is 12.6 Å². The Kier molecular flexibility index (Phi) is 6.30. The van der Waals surface area contributed by atoms with Gasteiger partial charge in [-0.05, 0) is 12.8 Å². The summed E-state index contributed by atoms with van der Waals surface area (Å²) in [5.41, 5.74) is 0. The highest BCUT2D eigenvalue weighted by Crippen LogP contribution is 1.93. The van der Waals surface area contributed by atoms with Crippen molar-refractivity contribution in [1.29, 1.82) is 0 Å². The van der Waals surface area contributed by atoms with Gasteiger partial charge in [-0.3, -0.25) is 4.18 Å². The van der Waals surface area contributed by atoms with Gasteiger partial charge in [-0.2, -0.15) is 8.42 Å². The van der Waals surface area contributed by atoms with Crippen LogP contribution in [0.5, 0.6) is 0 Å². The highest BCUT2D eigenvalue weighted by atomic mass is 32.2. The third-order valence-electron chi connectivity index (χ3n) is 1.10. The first-order valence-corrected chi connectivity index (χ1v) is 5.68. The fourth-order valence-electron chi connectivity index (χ4n) is 0.603. The van der Waals surface area contributed by atoms with Gasteiger partial charge in [0.2, 0.25) is 4.91 Å². The summed E-state index contributed by atoms with van der Waals surface area (Å²) >= 11 is 0. The summed E-state index contributed by atoms with van der Waals surface area (Å²) in [6, 6.07) is 0. The maximum absolute atomic E-state index is 10.5. The van der Waals surface area contributed by atoms with Crippen LogP contribution >= 0.6 is 0 Å². The predicted octanol–water partition coefficient (Wildman–Crippen LogP) is 0.344. The molecule has 0 aliphatic heterocycles. The molecular weight excluding hydrogens is 194 g/mol. The zero-order chi connectivity index (χ0) is 10.2. The Morgan fingerprint density at radius 1 is 1.38 bits per heavy atom. The number of hydrogen-bond donors (Lipinski definition) is 0. The summed E-state index contributed by atoms with van der Waals surface area (Å²) in [5, 5.41) is 7.10. The van der Waals surface area contributed by atoms with E-state index in [1.54, 1.807) is 0 Å². The molecule has 0 bridgehead atoms. The Morgan fingerprint density at radius 2 is 2.08 bits per heavy atom. The molecule has 6 nitrogen and oxygen atoms in total. The first-order valence-electron chi connectivity index (χ1n) is 3.86. The molecule has 0 heterocycles. The topological polar surface area (TPSA) is 82.2 Å². The average molecular weight is 208 g/mol. The summed E-state index contributed by atoms with van der Waals surface area (Å²) in [5.74, 6) is 0. The Bertz CT molecular complexity index is 279. The van der Waals surface area contributed by atoms with E-state index < -0.39 is 10.1 Å². The van der Waals surface area contributed by atoms with E-state index in [0.29, 0.717) is 13.0 Å². The fraction of sp³-hybridized carbons (Fsp3) is 1.00. The summed E-state index contributed by atoms with van der Waals surface area (Å²) < 4.78 is 25.5. The standard InChI is InChI=1S/C6H14N3O3S/c1-7-9-8-5-3-4-6-12-13(2,10)11/h3-6H2,1-2H3/q+1. The van der Waals surface area contributed by atoms with Crippen LogP contribution in [-0.2, 0) is 14.3 Å². The van der Waals surface area contributed by atoms with Crippen molar-refractivity contribution in [1.82, 2.24) is 4.91 Å². The lowest BCUT2D eigenvalue weighted by molar-refractivity contribution is 0.312. The van der Waals surface area contributed by atoms with E-state index in [0.717, 1.165) is 12.7 Å². The molecule has 0 saturated carbocycles. The Balaban J connectivity index is 3.33. The molecule has 76 valence electrons. The molecule has 0 aromatic rings. The van der Waals surface area contributed by atoms with E-state index in [1.165, 1.54) is 7.05 Å². The van der Waals surface area contributed by atoms with Gasteiger partial charge in [-0.25, -0.2) is 0 Å². The average Bonchev–Trinajstić information content (AvgIpc) is 2.01. The zero-order valence-corrected chi connectivity index (χ0v) is 8.62. The minimum Gasteiger partial charge on any atom is -0.270 e. The van der Waals surface area contributed by atoms with E-state index in [1.807, 2.05) is 0 Å². The largest absolute Gasteiger partial charge is 0.270 e. The number of hydrogen-bond acceptors (Lipinski definition) is 5. The monoisotopic (exact) mass is 208 g/mol. The summed E-state index contributed by atoms with van der Waals surface area (Å²) in [6.07, 6.45) is 2.42. The van der Waals surface area contributed by atoms with Gasteiger partial charge in [0.05, 0.1) is 12.9 Å². The van der Waals surface area contributed by atoms with Crippen molar-refractivity contribution in [3.8, 4) is 0 Å². The van der Waals surface area contributed by atoms with Crippen molar-refractivity contribution in [2.45, 2.75) is 12.8 Å². The van der Waals surface area contributed by atoms with Crippen LogP contribution < -0.4 is 4.91 Å². The molecule has 0 aliphatic rings. The summed E-state index contributed by atoms with van der Waals surface area (Å²) in [7, 11) is -1.76. The van der Waals surface area contributed by atoms with Crippen LogP contribution in [0.3, 0.4) is 0 Å². The number of rotatable bonds is 6. The van der Waals surface area contributed by atoms with Gasteiger partial charge in [-0.1, -0.05) is 0 Å². The van der Waals surface area contributed by atoms with Gasteiger partial charge in [0.1, 0.15) is 23.8 Å². The lowest BCUT2D eigenvalue weighted by Gasteiger charge is -1.97. The van der Waals surface area contributed by atoms with Gasteiger partial charge in [0.15, 0.2) is 0 Å². The molecule has 0 saturated heterocycles. The second-order valence-electron chi connectivity index (χ2n) is 2.39. The second-order valence-corrected chi connectivity index (χ2v) is 4.03. The van der Waals surface area contributed by atoms with Gasteiger partial charge in [-0.15, -0.1) is 0 Å². The first-order chi connectivity index (χ1) is 6.06. The Hall–Kier alpha value is -0.780. The van der Waals surface area contributed by atoms with E-state index in [4.69, 9.17) is 0 Å². The number of nitrogens with zero attached hydrogens (tertiary/aromatic N) is 3. The Morgan fingerprint density at radius 3 is 2.62 bits per heavy atom. The molecule has 0 radical (unpaired) electrons. The van der Waals surface area contributed by atoms with Gasteiger partial charge >= 0.3 is 0 Å². The van der Waals surface area contributed by atoms with Gasteiger partial charge < -0.3 is 0 Å². The van der Waals surface area contributed by atoms with Crippen LogP contribution in [0.15, 0.2) is 10.2 Å². The molecule has 0 fully saturated rings. The highest BCUT2D eigenvalue weighted by Gasteiger charge is 2.00. The lowest BCUT2D eigenvalue weighted by Crippen LogP contribution is -2.04. The molecule has 0 aromatic carbocycles. The van der Waals surface area contributed by atoms with Crippen molar-refractivity contribution in [3.05, 3.63) is 0 Å². The smallest absolute Gasteiger partial charge is 0.264 e. The molecule has 0 rings (SSSR count). The van der Waals surface area contributed by atoms with Crippen molar-refractivity contribution in [3.63, 3.8) is 0 Å². The molecule has 0 unspecified atom stereocenters. The Labute approximate surface area is 77.9 Å². The maximum Gasteiger partial charge on any atom is 0.264 e. The maximum atomic E-state index is 10.5. The van der Waals surface area contributed by atoms with E-state index in [-0.39, 0.29) is 6.61 Å². The van der Waals surface area contributed by atoms with E-state index in [9.17, 15) is 8.42 Å². The van der Waals surface area contributed by atoms with Crippen LogP contribution in [0.25, 0.3) is 0 Å². The minimum atomic E-state index is -3.29. The first kappa shape index (κ1) is 12.2. The quantitative estimate of drug-likeness (QED) is 0.273. The van der Waals surface area contributed by atoms with E-state index >= 15 is 0 Å². The van der Waals surface area contributed by atoms with Crippen molar-refractivity contribution in [2.24, 2.45) is 10.2 Å². The highest BCUT2D eigenvalue weighted by molar-refractivity contribution is 7.85. The summed E-state index contributed by atoms with van der Waals surface area (Å²) in [4.78, 5) is 3.41. The van der Waals surface area contributed by atoms with Crippen LogP contribution in [0, 0.1) is 0 Å². The van der Waals surface area contributed by atoms with E-state index in [2.05, 4.69) is 19.3 Å². The van der Waals surface area contributed by atoms with Gasteiger partial charge in [0.25, 0.3) is 10.1 Å². The number of unbranched alkanes of at least 4 members (excludes halogenated alkanes) is 1. The molecule has 0 N–H and O–H groups in total. The third-order valence-corrected chi connectivity index (χ3v) is 1.70. The fourth-order valence-corrected chi connectivity index (χ4v) is 1.02. The lowest BCUT2D eigenvalue weighted by atomic mass is 10.3. The molecule has 0 aliphatic carbocycles. The van der Waals surface area contributed by atoms with Crippen molar-refractivity contribution >= 4 is 10.1 Å². The zero-order valence-electron chi connectivity index (χ0n) is 7.80. The van der Waals surface area contributed by atoms with Crippen LogP contribution in [-0.4, -0.2) is 34.9 Å². The van der Waals surface area contributed by atoms with Crippen LogP contribution in [0.1, 0.15) is 12.8 Å². The molecule has 7 heteroatoms. The van der Waals surface area contributed by atoms with Crippen LogP contribution in [0.4, 0.5) is 0 Å². The molecule has 0 aromatic heterocycles. The second kappa shape index (κ2) is 6.71. The molecule has 13 heavy (non-hydrogen) atoms. The van der Waals surface area contributed by atoms with Crippen LogP contribution in [0.2, 0.25) is 0 Å². The van der Waals surface area contributed by atoms with Crippen molar-refractivity contribution in [2.75, 3.05) is 26.5 Å². The molecule has 0 atom stereocenters. The predicted molar refractivity (Wildman–Crippen MR) is 47.8 cm³/mol. The minimum absolute atomic E-state index is 0.206. The third kappa shape index (κ3) is 11.2. The summed E-state index contributed by atoms with van der Waals surface area (Å²) in [6.45, 7) is 0.752. The SMILES string of the molecule is CN=[N+]=NCCCCOS(C)(=O)=O. The normalized spacial score (nSPS) is 10.6.